The van der Waals surface area contributed by atoms with Crippen molar-refractivity contribution in [2.24, 2.45) is 0 Å². The Balaban J connectivity index is 1.40. The molecule has 4 rings (SSSR count). The molecule has 2 bridgehead atoms. The number of hydrogen-bond acceptors (Lipinski definition) is 4. The highest BCUT2D eigenvalue weighted by Gasteiger charge is 2.42. The minimum absolute atomic E-state index is 0.0148. The quantitative estimate of drug-likeness (QED) is 0.659. The molecule has 1 aliphatic carbocycles. The van der Waals surface area contributed by atoms with Gasteiger partial charge in [0, 0.05) is 41.9 Å². The second-order valence-corrected chi connectivity index (χ2v) is 8.07. The van der Waals surface area contributed by atoms with Gasteiger partial charge in [0.05, 0.1) is 4.92 Å². The number of nitro groups is 1. The Morgan fingerprint density at radius 2 is 1.54 bits per heavy atom. The summed E-state index contributed by atoms with van der Waals surface area (Å²) in [6.45, 7) is 0. The normalized spacial score (nSPS) is 29.5. The molecule has 1 aromatic carbocycles. The molecule has 3 aliphatic rings. The lowest BCUT2D eigenvalue weighted by molar-refractivity contribution is -0.384. The first-order valence-electron chi connectivity index (χ1n) is 9.94. The Morgan fingerprint density at radius 1 is 0.962 bits per heavy atom. The van der Waals surface area contributed by atoms with Gasteiger partial charge in [0.25, 0.3) is 11.6 Å². The molecule has 0 radical (unpaired) electrons. The van der Waals surface area contributed by atoms with Crippen LogP contribution in [0.4, 0.5) is 5.69 Å². The van der Waals surface area contributed by atoms with Gasteiger partial charge < -0.3 is 5.32 Å². The number of rotatable bonds is 4. The van der Waals surface area contributed by atoms with E-state index in [1.54, 1.807) is 12.1 Å². The molecule has 2 unspecified atom stereocenters. The fraction of sp³-hybridized carbons (Fsp3) is 0.650. The number of nitrogens with one attached hydrogen (secondary N) is 1. The molecule has 6 heteroatoms. The van der Waals surface area contributed by atoms with Crippen molar-refractivity contribution in [1.29, 1.82) is 0 Å². The smallest absolute Gasteiger partial charge is 0.269 e. The lowest BCUT2D eigenvalue weighted by atomic mass is 9.80. The predicted molar refractivity (Wildman–Crippen MR) is 99.1 cm³/mol. The minimum Gasteiger partial charge on any atom is -0.349 e. The van der Waals surface area contributed by atoms with Gasteiger partial charge in [0.1, 0.15) is 0 Å². The van der Waals surface area contributed by atoms with Crippen LogP contribution in [0.25, 0.3) is 0 Å². The molecule has 2 aliphatic heterocycles. The van der Waals surface area contributed by atoms with Gasteiger partial charge in [-0.3, -0.25) is 19.8 Å². The predicted octanol–water partition coefficient (Wildman–Crippen LogP) is 3.65. The molecule has 1 aromatic rings. The number of nitrogens with zero attached hydrogens (tertiary/aromatic N) is 2. The second-order valence-electron chi connectivity index (χ2n) is 8.07. The number of nitro benzene ring substituents is 1. The molecular formula is C20H27N3O3. The summed E-state index contributed by atoms with van der Waals surface area (Å²) in [6.07, 6.45) is 11.3. The summed E-state index contributed by atoms with van der Waals surface area (Å²) in [5, 5.41) is 13.9. The lowest BCUT2D eigenvalue weighted by Crippen LogP contribution is -2.59. The number of carbonyl (C=O) groups is 1. The van der Waals surface area contributed by atoms with E-state index in [0.717, 1.165) is 18.9 Å². The van der Waals surface area contributed by atoms with Gasteiger partial charge in [0.15, 0.2) is 0 Å². The number of benzene rings is 1. The number of piperidine rings is 2. The summed E-state index contributed by atoms with van der Waals surface area (Å²) in [5.41, 5.74) is 0.514. The topological polar surface area (TPSA) is 75.5 Å². The third-order valence-corrected chi connectivity index (χ3v) is 6.45. The number of amides is 1. The van der Waals surface area contributed by atoms with E-state index in [2.05, 4.69) is 10.2 Å². The first-order chi connectivity index (χ1) is 12.6. The van der Waals surface area contributed by atoms with Crippen molar-refractivity contribution in [3.8, 4) is 0 Å². The van der Waals surface area contributed by atoms with Crippen LogP contribution in [0.3, 0.4) is 0 Å². The molecule has 0 aromatic heterocycles. The average molecular weight is 357 g/mol. The van der Waals surface area contributed by atoms with Gasteiger partial charge in [0.2, 0.25) is 0 Å². The standard InChI is InChI=1S/C20H27N3O3/c24-20(14-8-10-17(11-9-14)23(25)26)21-15-12-18-6-3-7-19(13-15)22(18)16-4-1-2-5-16/h8-11,15-16,18-19H,1-7,12-13H2,(H,21,24). The number of carbonyl (C=O) groups excluding carboxylic acids is 1. The zero-order valence-electron chi connectivity index (χ0n) is 15.1. The molecular weight excluding hydrogens is 330 g/mol. The van der Waals surface area contributed by atoms with Gasteiger partial charge in [-0.1, -0.05) is 19.3 Å². The van der Waals surface area contributed by atoms with Crippen molar-refractivity contribution in [3.05, 3.63) is 39.9 Å². The van der Waals surface area contributed by atoms with Crippen LogP contribution in [-0.2, 0) is 0 Å². The van der Waals surface area contributed by atoms with Gasteiger partial charge in [-0.15, -0.1) is 0 Å². The summed E-state index contributed by atoms with van der Waals surface area (Å²) in [5.74, 6) is -0.114. The Kier molecular flexibility index (Phi) is 4.94. The van der Waals surface area contributed by atoms with E-state index in [-0.39, 0.29) is 17.6 Å². The van der Waals surface area contributed by atoms with Crippen LogP contribution in [0, 0.1) is 10.1 Å². The Bertz CT molecular complexity index is 655. The van der Waals surface area contributed by atoms with E-state index >= 15 is 0 Å². The molecule has 1 N–H and O–H groups in total. The molecule has 3 fully saturated rings. The van der Waals surface area contributed by atoms with Crippen molar-refractivity contribution in [2.45, 2.75) is 82.0 Å². The van der Waals surface area contributed by atoms with Gasteiger partial charge >= 0.3 is 0 Å². The largest absolute Gasteiger partial charge is 0.349 e. The van der Waals surface area contributed by atoms with Crippen LogP contribution >= 0.6 is 0 Å². The fourth-order valence-electron chi connectivity index (χ4n) is 5.34. The maximum Gasteiger partial charge on any atom is 0.269 e. The van der Waals surface area contributed by atoms with Gasteiger partial charge in [-0.2, -0.15) is 0 Å². The Labute approximate surface area is 154 Å². The maximum atomic E-state index is 12.6. The molecule has 2 atom stereocenters. The van der Waals surface area contributed by atoms with E-state index in [9.17, 15) is 14.9 Å². The van der Waals surface area contributed by atoms with E-state index < -0.39 is 4.92 Å². The van der Waals surface area contributed by atoms with Crippen molar-refractivity contribution in [1.82, 2.24) is 10.2 Å². The second kappa shape index (κ2) is 7.35. The van der Waals surface area contributed by atoms with Gasteiger partial charge in [-0.05, 0) is 50.7 Å². The van der Waals surface area contributed by atoms with E-state index in [1.165, 1.54) is 57.1 Å². The highest BCUT2D eigenvalue weighted by molar-refractivity contribution is 5.94. The molecule has 0 spiro atoms. The van der Waals surface area contributed by atoms with Crippen LogP contribution in [-0.4, -0.2) is 39.9 Å². The maximum absolute atomic E-state index is 12.6. The molecule has 26 heavy (non-hydrogen) atoms. The van der Waals surface area contributed by atoms with Crippen molar-refractivity contribution in [2.75, 3.05) is 0 Å². The zero-order chi connectivity index (χ0) is 18.1. The zero-order valence-corrected chi connectivity index (χ0v) is 15.1. The number of non-ortho nitro benzene ring substituents is 1. The molecule has 140 valence electrons. The Hall–Kier alpha value is -1.95. The third kappa shape index (κ3) is 3.47. The summed E-state index contributed by atoms with van der Waals surface area (Å²) in [6, 6.07) is 8.06. The van der Waals surface area contributed by atoms with Crippen LogP contribution in [0.1, 0.15) is 68.1 Å². The lowest BCUT2D eigenvalue weighted by Gasteiger charge is -2.51. The van der Waals surface area contributed by atoms with Gasteiger partial charge in [-0.25, -0.2) is 0 Å². The first kappa shape index (κ1) is 17.5. The minimum atomic E-state index is -0.443. The van der Waals surface area contributed by atoms with E-state index in [1.807, 2.05) is 0 Å². The highest BCUT2D eigenvalue weighted by Crippen LogP contribution is 2.39. The highest BCUT2D eigenvalue weighted by atomic mass is 16.6. The molecule has 1 saturated carbocycles. The number of fused-ring (bicyclic) bond motifs is 2. The Morgan fingerprint density at radius 3 is 2.12 bits per heavy atom. The molecule has 2 heterocycles. The van der Waals surface area contributed by atoms with Crippen LogP contribution in [0.5, 0.6) is 0 Å². The van der Waals surface area contributed by atoms with E-state index in [0.29, 0.717) is 17.6 Å². The van der Waals surface area contributed by atoms with E-state index in [4.69, 9.17) is 0 Å². The van der Waals surface area contributed by atoms with Crippen molar-refractivity contribution in [3.63, 3.8) is 0 Å². The monoisotopic (exact) mass is 357 g/mol. The van der Waals surface area contributed by atoms with Crippen LogP contribution < -0.4 is 5.32 Å². The van der Waals surface area contributed by atoms with Crippen LogP contribution in [0.2, 0.25) is 0 Å². The molecule has 1 amide bonds. The SMILES string of the molecule is O=C(NC1CC2CCCC(C1)N2C1CCCC1)c1ccc([N+](=O)[O-])cc1. The molecule has 6 nitrogen and oxygen atoms in total. The summed E-state index contributed by atoms with van der Waals surface area (Å²) < 4.78 is 0. The molecule has 2 saturated heterocycles. The van der Waals surface area contributed by atoms with Crippen molar-refractivity contribution < 1.29 is 9.72 Å². The third-order valence-electron chi connectivity index (χ3n) is 6.45. The average Bonchev–Trinajstić information content (AvgIpc) is 3.15. The number of hydrogen-bond donors (Lipinski definition) is 1. The van der Waals surface area contributed by atoms with Crippen molar-refractivity contribution >= 4 is 11.6 Å². The summed E-state index contributed by atoms with van der Waals surface area (Å²) in [4.78, 5) is 25.7. The first-order valence-corrected chi connectivity index (χ1v) is 9.94. The van der Waals surface area contributed by atoms with Crippen LogP contribution in [0.15, 0.2) is 24.3 Å². The summed E-state index contributed by atoms with van der Waals surface area (Å²) in [7, 11) is 0. The summed E-state index contributed by atoms with van der Waals surface area (Å²) >= 11 is 0. The fourth-order valence-corrected chi connectivity index (χ4v) is 5.34.